The maximum atomic E-state index is 12.8. The predicted octanol–water partition coefficient (Wildman–Crippen LogP) is 4.76. The normalized spacial score (nSPS) is 16.9. The van der Waals surface area contributed by atoms with Crippen LogP contribution in [0.4, 0.5) is 5.69 Å². The molecular weight excluding hydrogens is 462 g/mol. The first-order valence-corrected chi connectivity index (χ1v) is 13.2. The molecule has 0 spiro atoms. The number of amidine groups is 1. The summed E-state index contributed by atoms with van der Waals surface area (Å²) in [5.41, 5.74) is 3.56. The number of carbonyl (C=O) groups excluding carboxylic acids is 1. The Balaban J connectivity index is 1.44. The van der Waals surface area contributed by atoms with E-state index in [1.165, 1.54) is 6.42 Å². The summed E-state index contributed by atoms with van der Waals surface area (Å²) in [7, 11) is -3.72. The number of esters is 1. The van der Waals surface area contributed by atoms with Crippen molar-refractivity contribution < 1.29 is 17.9 Å². The Morgan fingerprint density at radius 3 is 2.60 bits per heavy atom. The fourth-order valence-corrected chi connectivity index (χ4v) is 5.68. The molecule has 2 aliphatic rings. The Labute approximate surface area is 205 Å². The van der Waals surface area contributed by atoms with Crippen molar-refractivity contribution in [3.63, 3.8) is 0 Å². The predicted molar refractivity (Wildman–Crippen MR) is 135 cm³/mol. The molecule has 2 heterocycles. The van der Waals surface area contributed by atoms with Gasteiger partial charge in [-0.25, -0.2) is 4.79 Å². The first-order valence-electron chi connectivity index (χ1n) is 11.7. The summed E-state index contributed by atoms with van der Waals surface area (Å²) < 4.78 is 34.6. The van der Waals surface area contributed by atoms with E-state index in [4.69, 9.17) is 4.74 Å². The van der Waals surface area contributed by atoms with E-state index in [1.807, 2.05) is 25.1 Å². The van der Waals surface area contributed by atoms with E-state index in [0.717, 1.165) is 37.1 Å². The van der Waals surface area contributed by atoms with Crippen molar-refractivity contribution in [3.8, 4) is 5.75 Å². The molecule has 7 nitrogen and oxygen atoms in total. The number of likely N-dealkylation sites (tertiary alicyclic amines) is 1. The lowest BCUT2D eigenvalue weighted by Gasteiger charge is -2.27. The van der Waals surface area contributed by atoms with E-state index >= 15 is 0 Å². The number of ether oxygens (including phenoxy) is 1. The summed E-state index contributed by atoms with van der Waals surface area (Å²) in [5, 5.41) is 3.16. The average Bonchev–Trinajstić information content (AvgIpc) is 3.11. The van der Waals surface area contributed by atoms with Crippen molar-refractivity contribution in [2.45, 2.75) is 37.6 Å². The zero-order valence-corrected chi connectivity index (χ0v) is 20.3. The highest BCUT2D eigenvalue weighted by molar-refractivity contribution is 7.90. The molecule has 3 aromatic rings. The van der Waals surface area contributed by atoms with E-state index in [2.05, 4.69) is 14.6 Å². The van der Waals surface area contributed by atoms with Crippen LogP contribution < -0.4 is 10.1 Å². The fraction of sp³-hybridized carbons (Fsp3) is 0.259. The zero-order valence-electron chi connectivity index (χ0n) is 19.5. The van der Waals surface area contributed by atoms with Crippen molar-refractivity contribution in [1.82, 2.24) is 4.90 Å². The summed E-state index contributed by atoms with van der Waals surface area (Å²) in [5.74, 6) is 0.373. The molecule has 0 saturated carbocycles. The highest BCUT2D eigenvalue weighted by atomic mass is 32.2. The van der Waals surface area contributed by atoms with Gasteiger partial charge in [0, 0.05) is 23.4 Å². The monoisotopic (exact) mass is 489 g/mol. The van der Waals surface area contributed by atoms with Crippen molar-refractivity contribution in [3.05, 3.63) is 89.0 Å². The van der Waals surface area contributed by atoms with Crippen LogP contribution in [0.5, 0.6) is 5.75 Å². The number of benzene rings is 3. The minimum Gasteiger partial charge on any atom is -0.423 e. The molecule has 35 heavy (non-hydrogen) atoms. The number of carbonyl (C=O) groups is 1. The van der Waals surface area contributed by atoms with Crippen LogP contribution in [0.1, 0.15) is 46.3 Å². The third-order valence-electron chi connectivity index (χ3n) is 6.25. The SMILES string of the molecule is Cc1cccc(C(=O)Oc2ccc(NC3=NS(=O)(=O)c4ccccc43)cc2CN2CCCCC2)c1. The Kier molecular flexibility index (Phi) is 6.40. The van der Waals surface area contributed by atoms with Crippen LogP contribution in [0, 0.1) is 6.92 Å². The van der Waals surface area contributed by atoms with Gasteiger partial charge in [-0.15, -0.1) is 4.40 Å². The van der Waals surface area contributed by atoms with Gasteiger partial charge in [-0.2, -0.15) is 8.42 Å². The van der Waals surface area contributed by atoms with Crippen LogP contribution in [0.25, 0.3) is 0 Å². The van der Waals surface area contributed by atoms with Crippen LogP contribution in [0.3, 0.4) is 0 Å². The Morgan fingerprint density at radius 2 is 1.80 bits per heavy atom. The minimum absolute atomic E-state index is 0.194. The molecule has 5 rings (SSSR count). The number of rotatable bonds is 5. The van der Waals surface area contributed by atoms with Gasteiger partial charge in [0.25, 0.3) is 10.0 Å². The summed E-state index contributed by atoms with van der Waals surface area (Å²) >= 11 is 0. The van der Waals surface area contributed by atoms with Gasteiger partial charge >= 0.3 is 5.97 Å². The molecule has 0 bridgehead atoms. The van der Waals surface area contributed by atoms with E-state index < -0.39 is 16.0 Å². The van der Waals surface area contributed by atoms with Crippen LogP contribution in [-0.4, -0.2) is 38.2 Å². The quantitative estimate of drug-likeness (QED) is 0.411. The number of aryl methyl sites for hydroxylation is 1. The molecule has 0 unspecified atom stereocenters. The van der Waals surface area contributed by atoms with Gasteiger partial charge in [-0.1, -0.05) is 36.2 Å². The zero-order chi connectivity index (χ0) is 24.4. The van der Waals surface area contributed by atoms with Crippen molar-refractivity contribution in [2.75, 3.05) is 18.4 Å². The summed E-state index contributed by atoms with van der Waals surface area (Å²) in [6.07, 6.45) is 3.50. The molecule has 0 atom stereocenters. The molecule has 0 amide bonds. The third-order valence-corrected chi connectivity index (χ3v) is 7.59. The second-order valence-electron chi connectivity index (χ2n) is 8.95. The third kappa shape index (κ3) is 5.13. The second kappa shape index (κ2) is 9.64. The van der Waals surface area contributed by atoms with Crippen molar-refractivity contribution >= 4 is 27.5 Å². The fourth-order valence-electron chi connectivity index (χ4n) is 4.50. The van der Waals surface area contributed by atoms with Crippen LogP contribution in [-0.2, 0) is 16.6 Å². The molecule has 0 aromatic heterocycles. The van der Waals surface area contributed by atoms with Gasteiger partial charge in [-0.3, -0.25) is 4.90 Å². The van der Waals surface area contributed by atoms with Gasteiger partial charge in [0.1, 0.15) is 10.6 Å². The van der Waals surface area contributed by atoms with E-state index in [1.54, 1.807) is 48.5 Å². The second-order valence-corrected chi connectivity index (χ2v) is 10.5. The Morgan fingerprint density at radius 1 is 1.00 bits per heavy atom. The number of sulfonamides is 1. The van der Waals surface area contributed by atoms with E-state index in [9.17, 15) is 13.2 Å². The van der Waals surface area contributed by atoms with Gasteiger partial charge in [-0.05, 0) is 75.3 Å². The average molecular weight is 490 g/mol. The molecule has 0 radical (unpaired) electrons. The van der Waals surface area contributed by atoms with Gasteiger partial charge in [0.05, 0.1) is 5.56 Å². The minimum atomic E-state index is -3.72. The largest absolute Gasteiger partial charge is 0.423 e. The molecule has 0 aliphatic carbocycles. The van der Waals surface area contributed by atoms with Crippen LogP contribution >= 0.6 is 0 Å². The lowest BCUT2D eigenvalue weighted by Crippen LogP contribution is -2.29. The summed E-state index contributed by atoms with van der Waals surface area (Å²) in [4.78, 5) is 15.4. The topological polar surface area (TPSA) is 88.1 Å². The van der Waals surface area contributed by atoms with Crippen molar-refractivity contribution in [2.24, 2.45) is 4.40 Å². The number of anilines is 1. The maximum absolute atomic E-state index is 12.8. The molecule has 1 saturated heterocycles. The molecule has 3 aromatic carbocycles. The smallest absolute Gasteiger partial charge is 0.343 e. The van der Waals surface area contributed by atoms with E-state index in [0.29, 0.717) is 29.1 Å². The van der Waals surface area contributed by atoms with Gasteiger partial charge < -0.3 is 10.1 Å². The Bertz CT molecular complexity index is 1410. The standard InChI is InChI=1S/C27H27N3O4S/c1-19-8-7-9-20(16-19)27(31)34-24-13-12-22(17-21(24)18-30-14-5-2-6-15-30)28-26-23-10-3-4-11-25(23)35(32,33)29-26/h3-4,7-13,16-17H,2,5-6,14-15,18H2,1H3,(H,28,29). The highest BCUT2D eigenvalue weighted by Crippen LogP contribution is 2.30. The molecular formula is C27H27N3O4S. The highest BCUT2D eigenvalue weighted by Gasteiger charge is 2.28. The number of hydrogen-bond donors (Lipinski definition) is 1. The molecule has 8 heteroatoms. The van der Waals surface area contributed by atoms with E-state index in [-0.39, 0.29) is 10.7 Å². The lowest BCUT2D eigenvalue weighted by atomic mass is 10.1. The van der Waals surface area contributed by atoms with Crippen molar-refractivity contribution in [1.29, 1.82) is 0 Å². The lowest BCUT2D eigenvalue weighted by molar-refractivity contribution is 0.0731. The molecule has 1 N–H and O–H groups in total. The molecule has 180 valence electrons. The van der Waals surface area contributed by atoms with Crippen LogP contribution in [0.2, 0.25) is 0 Å². The number of hydrogen-bond acceptors (Lipinski definition) is 6. The number of nitrogens with one attached hydrogen (secondary N) is 1. The number of nitrogens with zero attached hydrogens (tertiary/aromatic N) is 2. The first-order chi connectivity index (χ1) is 16.9. The molecule has 1 fully saturated rings. The van der Waals surface area contributed by atoms with Gasteiger partial charge in [0.2, 0.25) is 0 Å². The molecule has 2 aliphatic heterocycles. The number of fused-ring (bicyclic) bond motifs is 1. The maximum Gasteiger partial charge on any atom is 0.343 e. The number of piperidine rings is 1. The first kappa shape index (κ1) is 23.3. The Hall–Kier alpha value is -3.49. The van der Waals surface area contributed by atoms with Crippen LogP contribution in [0.15, 0.2) is 76.0 Å². The summed E-state index contributed by atoms with van der Waals surface area (Å²) in [6, 6.07) is 19.5. The van der Waals surface area contributed by atoms with Gasteiger partial charge in [0.15, 0.2) is 5.84 Å². The summed E-state index contributed by atoms with van der Waals surface area (Å²) in [6.45, 7) is 4.54.